The van der Waals surface area contributed by atoms with Crippen molar-refractivity contribution in [3.63, 3.8) is 0 Å². The van der Waals surface area contributed by atoms with E-state index in [1.54, 1.807) is 0 Å². The van der Waals surface area contributed by atoms with Gasteiger partial charge >= 0.3 is 0 Å². The van der Waals surface area contributed by atoms with Crippen LogP contribution >= 0.6 is 11.3 Å². The van der Waals surface area contributed by atoms with Crippen LogP contribution in [0.25, 0.3) is 0 Å². The third-order valence-electron chi connectivity index (χ3n) is 4.56. The van der Waals surface area contributed by atoms with Gasteiger partial charge in [-0.2, -0.15) is 0 Å². The summed E-state index contributed by atoms with van der Waals surface area (Å²) in [6.07, 6.45) is 0.892. The van der Waals surface area contributed by atoms with Gasteiger partial charge in [0.1, 0.15) is 11.4 Å². The van der Waals surface area contributed by atoms with Crippen LogP contribution in [0.1, 0.15) is 28.5 Å². The van der Waals surface area contributed by atoms with Gasteiger partial charge < -0.3 is 15.0 Å². The minimum Gasteiger partial charge on any atom is -0.494 e. The third kappa shape index (κ3) is 3.95. The molecular weight excluding hydrogens is 358 g/mol. The van der Waals surface area contributed by atoms with Crippen LogP contribution in [0.4, 0.5) is 10.8 Å². The predicted molar refractivity (Wildman–Crippen MR) is 108 cm³/mol. The van der Waals surface area contributed by atoms with Crippen LogP contribution in [0.2, 0.25) is 0 Å². The van der Waals surface area contributed by atoms with Crippen LogP contribution in [-0.2, 0) is 13.0 Å². The zero-order valence-corrected chi connectivity index (χ0v) is 16.0. The molecule has 2 aromatic carbocycles. The molecule has 4 rings (SSSR count). The number of nitrogens with zero attached hydrogens (tertiary/aromatic N) is 2. The maximum atomic E-state index is 12.8. The lowest BCUT2D eigenvalue weighted by Crippen LogP contribution is -2.36. The lowest BCUT2D eigenvalue weighted by molar-refractivity contribution is 0.0729. The van der Waals surface area contributed by atoms with Crippen molar-refractivity contribution in [3.8, 4) is 5.75 Å². The molecule has 3 aromatic rings. The number of thiazole rings is 1. The number of rotatable bonds is 5. The Labute approximate surface area is 162 Å². The molecule has 2 heterocycles. The maximum Gasteiger partial charge on any atom is 0.273 e. The van der Waals surface area contributed by atoms with Crippen LogP contribution in [0.5, 0.6) is 5.75 Å². The largest absolute Gasteiger partial charge is 0.494 e. The molecule has 0 spiro atoms. The van der Waals surface area contributed by atoms with Gasteiger partial charge in [0.05, 0.1) is 6.61 Å². The minimum absolute atomic E-state index is 0.0134. The number of hydrogen-bond acceptors (Lipinski definition) is 5. The van der Waals surface area contributed by atoms with E-state index in [9.17, 15) is 4.79 Å². The first-order valence-electron chi connectivity index (χ1n) is 9.04. The number of benzene rings is 2. The molecule has 1 aliphatic heterocycles. The fourth-order valence-electron chi connectivity index (χ4n) is 3.19. The van der Waals surface area contributed by atoms with Crippen molar-refractivity contribution in [3.05, 3.63) is 70.7 Å². The standard InChI is InChI=1S/C21H21N3O2S/c1-2-26-18-9-7-17(8-10-18)22-21-23-19(14-27-21)20(25)24-12-11-15-5-3-4-6-16(15)13-24/h3-10,14H,2,11-13H2,1H3,(H,22,23). The van der Waals surface area contributed by atoms with Gasteiger partial charge in [-0.05, 0) is 48.7 Å². The average molecular weight is 379 g/mol. The number of fused-ring (bicyclic) bond motifs is 1. The molecule has 1 amide bonds. The topological polar surface area (TPSA) is 54.5 Å². The summed E-state index contributed by atoms with van der Waals surface area (Å²) in [5, 5.41) is 5.78. The van der Waals surface area contributed by atoms with Crippen molar-refractivity contribution in [2.45, 2.75) is 19.9 Å². The number of hydrogen-bond donors (Lipinski definition) is 1. The first-order chi connectivity index (χ1) is 13.2. The van der Waals surface area contributed by atoms with Crippen LogP contribution in [0.3, 0.4) is 0 Å². The Kier molecular flexibility index (Phi) is 5.07. The molecule has 27 heavy (non-hydrogen) atoms. The van der Waals surface area contributed by atoms with Gasteiger partial charge in [-0.15, -0.1) is 11.3 Å². The first-order valence-corrected chi connectivity index (χ1v) is 9.92. The summed E-state index contributed by atoms with van der Waals surface area (Å²) >= 11 is 1.44. The average Bonchev–Trinajstić information content (AvgIpc) is 3.17. The number of anilines is 2. The van der Waals surface area contributed by atoms with E-state index in [4.69, 9.17) is 4.74 Å². The van der Waals surface area contributed by atoms with E-state index in [2.05, 4.69) is 28.5 Å². The van der Waals surface area contributed by atoms with Crippen molar-refractivity contribution < 1.29 is 9.53 Å². The lowest BCUT2D eigenvalue weighted by atomic mass is 10.00. The van der Waals surface area contributed by atoms with Gasteiger partial charge in [0.2, 0.25) is 0 Å². The fraction of sp³-hybridized carbons (Fsp3) is 0.238. The smallest absolute Gasteiger partial charge is 0.273 e. The van der Waals surface area contributed by atoms with Gasteiger partial charge in [0.25, 0.3) is 5.91 Å². The third-order valence-corrected chi connectivity index (χ3v) is 5.32. The van der Waals surface area contributed by atoms with Crippen molar-refractivity contribution in [1.29, 1.82) is 0 Å². The Hall–Kier alpha value is -2.86. The summed E-state index contributed by atoms with van der Waals surface area (Å²) < 4.78 is 5.45. The molecule has 1 aromatic heterocycles. The van der Waals surface area contributed by atoms with Crippen LogP contribution in [-0.4, -0.2) is 28.9 Å². The molecule has 0 saturated carbocycles. The van der Waals surface area contributed by atoms with Crippen molar-refractivity contribution in [2.24, 2.45) is 0 Å². The van der Waals surface area contributed by atoms with E-state index in [1.807, 2.05) is 47.5 Å². The normalized spacial score (nSPS) is 13.1. The van der Waals surface area contributed by atoms with Gasteiger partial charge in [-0.3, -0.25) is 4.79 Å². The highest BCUT2D eigenvalue weighted by molar-refractivity contribution is 7.14. The Morgan fingerprint density at radius 2 is 1.96 bits per heavy atom. The molecule has 0 atom stereocenters. The van der Waals surface area contributed by atoms with Crippen molar-refractivity contribution >= 4 is 28.1 Å². The molecule has 6 heteroatoms. The molecule has 1 N–H and O–H groups in total. The van der Waals surface area contributed by atoms with E-state index in [1.165, 1.54) is 22.5 Å². The molecular formula is C21H21N3O2S. The first kappa shape index (κ1) is 17.5. The summed E-state index contributed by atoms with van der Waals surface area (Å²) in [5.41, 5.74) is 3.96. The Morgan fingerprint density at radius 1 is 1.19 bits per heavy atom. The van der Waals surface area contributed by atoms with Crippen molar-refractivity contribution in [1.82, 2.24) is 9.88 Å². The van der Waals surface area contributed by atoms with Crippen LogP contribution in [0, 0.1) is 0 Å². The Bertz CT molecular complexity index is 937. The predicted octanol–water partition coefficient (Wildman–Crippen LogP) is 4.48. The molecule has 0 fully saturated rings. The fourth-order valence-corrected chi connectivity index (χ4v) is 3.89. The van der Waals surface area contributed by atoms with Gasteiger partial charge in [0.15, 0.2) is 5.13 Å². The Morgan fingerprint density at radius 3 is 2.74 bits per heavy atom. The van der Waals surface area contributed by atoms with Crippen LogP contribution < -0.4 is 10.1 Å². The second kappa shape index (κ2) is 7.80. The highest BCUT2D eigenvalue weighted by Crippen LogP contribution is 2.25. The number of carbonyl (C=O) groups is 1. The number of amides is 1. The molecule has 0 aliphatic carbocycles. The number of aromatic nitrogens is 1. The molecule has 0 radical (unpaired) electrons. The molecule has 0 saturated heterocycles. The van der Waals surface area contributed by atoms with Gasteiger partial charge in [0, 0.05) is 24.2 Å². The number of ether oxygens (including phenoxy) is 1. The second-order valence-corrected chi connectivity index (χ2v) is 7.22. The summed E-state index contributed by atoms with van der Waals surface area (Å²) in [6, 6.07) is 16.0. The molecule has 5 nitrogen and oxygen atoms in total. The highest BCUT2D eigenvalue weighted by atomic mass is 32.1. The highest BCUT2D eigenvalue weighted by Gasteiger charge is 2.23. The zero-order valence-electron chi connectivity index (χ0n) is 15.1. The molecule has 1 aliphatic rings. The number of nitrogens with one attached hydrogen (secondary N) is 1. The molecule has 0 unspecified atom stereocenters. The molecule has 0 bridgehead atoms. The summed E-state index contributed by atoms with van der Waals surface area (Å²) in [7, 11) is 0. The van der Waals surface area contributed by atoms with Crippen molar-refractivity contribution in [2.75, 3.05) is 18.5 Å². The second-order valence-electron chi connectivity index (χ2n) is 6.37. The minimum atomic E-state index is -0.0134. The van der Waals surface area contributed by atoms with E-state index < -0.39 is 0 Å². The number of carbonyl (C=O) groups excluding carboxylic acids is 1. The van der Waals surface area contributed by atoms with E-state index in [0.717, 1.165) is 24.4 Å². The monoisotopic (exact) mass is 379 g/mol. The van der Waals surface area contributed by atoms with Gasteiger partial charge in [-0.1, -0.05) is 24.3 Å². The lowest BCUT2D eigenvalue weighted by Gasteiger charge is -2.28. The summed E-state index contributed by atoms with van der Waals surface area (Å²) in [5.74, 6) is 0.823. The SMILES string of the molecule is CCOc1ccc(Nc2nc(C(=O)N3CCc4ccccc4C3)cs2)cc1. The summed E-state index contributed by atoms with van der Waals surface area (Å²) in [4.78, 5) is 19.2. The quantitative estimate of drug-likeness (QED) is 0.710. The van der Waals surface area contributed by atoms with Crippen LogP contribution in [0.15, 0.2) is 53.9 Å². The Balaban J connectivity index is 1.42. The van der Waals surface area contributed by atoms with E-state index >= 15 is 0 Å². The van der Waals surface area contributed by atoms with E-state index in [-0.39, 0.29) is 5.91 Å². The summed E-state index contributed by atoms with van der Waals surface area (Å²) in [6.45, 7) is 3.98. The van der Waals surface area contributed by atoms with E-state index in [0.29, 0.717) is 24.0 Å². The van der Waals surface area contributed by atoms with Gasteiger partial charge in [-0.25, -0.2) is 4.98 Å². The maximum absolute atomic E-state index is 12.8. The zero-order chi connectivity index (χ0) is 18.6. The molecule has 138 valence electrons.